The highest BCUT2D eigenvalue weighted by molar-refractivity contribution is 9.14. The summed E-state index contributed by atoms with van der Waals surface area (Å²) in [5.74, 6) is 1.49. The molecule has 2 aromatic carbocycles. The molecule has 0 saturated carbocycles. The minimum absolute atomic E-state index is 0.740. The number of hydrogen-bond donors (Lipinski definition) is 0. The second-order valence-electron chi connectivity index (χ2n) is 3.35. The number of benzene rings is 2. The van der Waals surface area contributed by atoms with Gasteiger partial charge >= 0.3 is 0 Å². The fourth-order valence-corrected chi connectivity index (χ4v) is 3.28. The minimum atomic E-state index is 0.740. The molecule has 94 valence electrons. The Labute approximate surface area is 147 Å². The summed E-state index contributed by atoms with van der Waals surface area (Å²) in [5.41, 5.74) is 0. The Morgan fingerprint density at radius 3 is 2.06 bits per heavy atom. The monoisotopic (exact) mass is 560 g/mol. The Balaban J connectivity index is 2.40. The average molecular weight is 565 g/mol. The fraction of sp³-hybridized carbons (Fsp3) is 0. The number of ether oxygens (including phenoxy) is 1. The van der Waals surface area contributed by atoms with Gasteiger partial charge in [-0.25, -0.2) is 0 Å². The van der Waals surface area contributed by atoms with E-state index in [9.17, 15) is 0 Å². The summed E-state index contributed by atoms with van der Waals surface area (Å²) >= 11 is 17.3. The molecule has 2 aromatic rings. The van der Waals surface area contributed by atoms with Crippen molar-refractivity contribution in [3.63, 3.8) is 0 Å². The van der Waals surface area contributed by atoms with E-state index >= 15 is 0 Å². The van der Waals surface area contributed by atoms with E-state index in [1.165, 1.54) is 0 Å². The normalized spacial score (nSPS) is 10.5. The summed E-state index contributed by atoms with van der Waals surface area (Å²) in [6.45, 7) is 0. The molecule has 0 amide bonds. The first kappa shape index (κ1) is 15.0. The van der Waals surface area contributed by atoms with Gasteiger partial charge in [-0.1, -0.05) is 15.9 Å². The van der Waals surface area contributed by atoms with E-state index in [1.54, 1.807) is 0 Å². The van der Waals surface area contributed by atoms with Crippen molar-refractivity contribution >= 4 is 79.6 Å². The van der Waals surface area contributed by atoms with Gasteiger partial charge in [0.2, 0.25) is 0 Å². The maximum absolute atomic E-state index is 5.88. The topological polar surface area (TPSA) is 9.23 Å². The maximum atomic E-state index is 5.88. The third-order valence-corrected chi connectivity index (χ3v) is 6.60. The molecule has 0 spiro atoms. The minimum Gasteiger partial charge on any atom is -0.455 e. The van der Waals surface area contributed by atoms with Crippen LogP contribution in [0, 0.1) is 0 Å². The van der Waals surface area contributed by atoms with Crippen LogP contribution < -0.4 is 4.74 Å². The molecule has 0 atom stereocenters. The lowest BCUT2D eigenvalue weighted by Crippen LogP contribution is -1.88. The second-order valence-corrected chi connectivity index (χ2v) is 7.56. The lowest BCUT2D eigenvalue weighted by molar-refractivity contribution is 0.475. The lowest BCUT2D eigenvalue weighted by atomic mass is 10.3. The Hall–Kier alpha value is 0.640. The lowest BCUT2D eigenvalue weighted by Gasteiger charge is -2.11. The zero-order valence-electron chi connectivity index (χ0n) is 8.68. The van der Waals surface area contributed by atoms with Crippen LogP contribution in [0.5, 0.6) is 11.5 Å². The number of rotatable bonds is 2. The van der Waals surface area contributed by atoms with Gasteiger partial charge in [-0.05, 0) is 94.1 Å². The smallest absolute Gasteiger partial charge is 0.142 e. The molecule has 0 N–H and O–H groups in total. The SMILES string of the molecule is Brc1ccc(Br)c(Oc2ccc(Br)c(Br)c2Br)c1. The van der Waals surface area contributed by atoms with Crippen molar-refractivity contribution < 1.29 is 4.74 Å². The van der Waals surface area contributed by atoms with E-state index in [0.717, 1.165) is 33.9 Å². The van der Waals surface area contributed by atoms with Gasteiger partial charge in [0.15, 0.2) is 0 Å². The van der Waals surface area contributed by atoms with Crippen LogP contribution in [0.1, 0.15) is 0 Å². The van der Waals surface area contributed by atoms with Crippen LogP contribution in [0.2, 0.25) is 0 Å². The van der Waals surface area contributed by atoms with Gasteiger partial charge in [0, 0.05) is 13.4 Å². The van der Waals surface area contributed by atoms with Crippen molar-refractivity contribution in [1.29, 1.82) is 0 Å². The zero-order valence-corrected chi connectivity index (χ0v) is 16.6. The predicted octanol–water partition coefficient (Wildman–Crippen LogP) is 7.29. The van der Waals surface area contributed by atoms with Crippen molar-refractivity contribution in [1.82, 2.24) is 0 Å². The van der Waals surface area contributed by atoms with Gasteiger partial charge in [0.1, 0.15) is 11.5 Å². The summed E-state index contributed by atoms with van der Waals surface area (Å²) in [4.78, 5) is 0. The van der Waals surface area contributed by atoms with Crippen molar-refractivity contribution in [3.05, 3.63) is 52.7 Å². The molecule has 2 rings (SSSR count). The zero-order chi connectivity index (χ0) is 13.3. The first-order chi connectivity index (χ1) is 8.49. The summed E-state index contributed by atoms with van der Waals surface area (Å²) in [6, 6.07) is 9.61. The van der Waals surface area contributed by atoms with Crippen LogP contribution >= 0.6 is 79.6 Å². The molecule has 18 heavy (non-hydrogen) atoms. The standard InChI is InChI=1S/C12H5Br5O/c13-6-1-2-7(14)10(5-6)18-9-4-3-8(15)11(16)12(9)17/h1-5H. The molecule has 1 nitrogen and oxygen atoms in total. The third-order valence-electron chi connectivity index (χ3n) is 2.11. The predicted molar refractivity (Wildman–Crippen MR) is 91.5 cm³/mol. The molecule has 0 aliphatic heterocycles. The molecular formula is C12H5Br5O. The molecule has 0 aromatic heterocycles. The molecule has 0 fully saturated rings. The van der Waals surface area contributed by atoms with Crippen LogP contribution in [-0.2, 0) is 0 Å². The van der Waals surface area contributed by atoms with Gasteiger partial charge < -0.3 is 4.74 Å². The Kier molecular flexibility index (Phi) is 5.34. The van der Waals surface area contributed by atoms with Crippen molar-refractivity contribution in [3.8, 4) is 11.5 Å². The van der Waals surface area contributed by atoms with Gasteiger partial charge in [-0.15, -0.1) is 0 Å². The van der Waals surface area contributed by atoms with Crippen LogP contribution in [0.4, 0.5) is 0 Å². The number of hydrogen-bond acceptors (Lipinski definition) is 1. The average Bonchev–Trinajstić information content (AvgIpc) is 2.34. The van der Waals surface area contributed by atoms with E-state index in [1.807, 2.05) is 30.3 Å². The van der Waals surface area contributed by atoms with Gasteiger partial charge in [-0.3, -0.25) is 0 Å². The van der Waals surface area contributed by atoms with Crippen LogP contribution in [0.25, 0.3) is 0 Å². The van der Waals surface area contributed by atoms with E-state index in [4.69, 9.17) is 4.74 Å². The van der Waals surface area contributed by atoms with Crippen LogP contribution in [-0.4, -0.2) is 0 Å². The summed E-state index contributed by atoms with van der Waals surface area (Å²) in [6.07, 6.45) is 0. The van der Waals surface area contributed by atoms with Crippen LogP contribution in [0.3, 0.4) is 0 Å². The molecule has 0 aliphatic rings. The van der Waals surface area contributed by atoms with E-state index in [2.05, 4.69) is 79.6 Å². The Morgan fingerprint density at radius 1 is 0.667 bits per heavy atom. The Morgan fingerprint density at radius 2 is 1.33 bits per heavy atom. The molecular weight excluding hydrogens is 560 g/mol. The molecule has 0 aliphatic carbocycles. The molecule has 0 unspecified atom stereocenters. The van der Waals surface area contributed by atoms with Crippen LogP contribution in [0.15, 0.2) is 52.7 Å². The first-order valence-corrected chi connectivity index (χ1v) is 8.72. The van der Waals surface area contributed by atoms with Crippen molar-refractivity contribution in [2.75, 3.05) is 0 Å². The molecule has 0 saturated heterocycles. The summed E-state index contributed by atoms with van der Waals surface area (Å²) < 4.78 is 10.5. The molecule has 0 radical (unpaired) electrons. The second kappa shape index (κ2) is 6.39. The van der Waals surface area contributed by atoms with Gasteiger partial charge in [0.05, 0.1) is 8.95 Å². The summed E-state index contributed by atoms with van der Waals surface area (Å²) in [5, 5.41) is 0. The van der Waals surface area contributed by atoms with E-state index in [0.29, 0.717) is 0 Å². The van der Waals surface area contributed by atoms with E-state index in [-0.39, 0.29) is 0 Å². The fourth-order valence-electron chi connectivity index (χ4n) is 1.26. The highest BCUT2D eigenvalue weighted by Crippen LogP contribution is 2.41. The molecule has 0 heterocycles. The highest BCUT2D eigenvalue weighted by Gasteiger charge is 2.11. The van der Waals surface area contributed by atoms with Gasteiger partial charge in [0.25, 0.3) is 0 Å². The summed E-state index contributed by atoms with van der Waals surface area (Å²) in [7, 11) is 0. The van der Waals surface area contributed by atoms with Crippen molar-refractivity contribution in [2.24, 2.45) is 0 Å². The van der Waals surface area contributed by atoms with Gasteiger partial charge in [-0.2, -0.15) is 0 Å². The largest absolute Gasteiger partial charge is 0.455 e. The molecule has 0 bridgehead atoms. The third kappa shape index (κ3) is 3.39. The first-order valence-electron chi connectivity index (χ1n) is 4.75. The Bertz CT molecular complexity index is 597. The molecule has 6 heteroatoms. The van der Waals surface area contributed by atoms with E-state index < -0.39 is 0 Å². The maximum Gasteiger partial charge on any atom is 0.142 e. The highest BCUT2D eigenvalue weighted by atomic mass is 79.9. The quantitative estimate of drug-likeness (QED) is 0.348. The number of halogens is 5. The van der Waals surface area contributed by atoms with Crippen molar-refractivity contribution in [2.45, 2.75) is 0 Å².